The second kappa shape index (κ2) is 6.92. The van der Waals surface area contributed by atoms with Gasteiger partial charge in [0.1, 0.15) is 11.2 Å². The molecule has 27 heavy (non-hydrogen) atoms. The van der Waals surface area contributed by atoms with Crippen molar-refractivity contribution in [3.8, 4) is 0 Å². The Labute approximate surface area is 155 Å². The molecule has 2 aromatic carbocycles. The van der Waals surface area contributed by atoms with Gasteiger partial charge in [0.05, 0.1) is 17.1 Å². The van der Waals surface area contributed by atoms with Crippen LogP contribution in [0.2, 0.25) is 0 Å². The highest BCUT2D eigenvalue weighted by atomic mass is 16.2. The van der Waals surface area contributed by atoms with Gasteiger partial charge in [-0.25, -0.2) is 4.52 Å². The number of carbonyl (C=O) groups is 1. The van der Waals surface area contributed by atoms with Gasteiger partial charge in [-0.2, -0.15) is 5.10 Å². The van der Waals surface area contributed by atoms with E-state index in [4.69, 9.17) is 0 Å². The first kappa shape index (κ1) is 16.8. The number of benzene rings is 2. The molecule has 0 aliphatic carbocycles. The molecule has 2 aromatic heterocycles. The third-order valence-electron chi connectivity index (χ3n) is 4.46. The molecule has 0 saturated heterocycles. The van der Waals surface area contributed by atoms with Crippen molar-refractivity contribution >= 4 is 22.5 Å². The second-order valence-electron chi connectivity index (χ2n) is 6.25. The van der Waals surface area contributed by atoms with E-state index in [2.05, 4.69) is 16.7 Å². The Hall–Kier alpha value is -3.67. The lowest BCUT2D eigenvalue weighted by Crippen LogP contribution is -2.31. The van der Waals surface area contributed by atoms with Crippen LogP contribution in [-0.2, 0) is 6.54 Å². The number of fused-ring (bicyclic) bond motifs is 3. The maximum atomic E-state index is 13.2. The van der Waals surface area contributed by atoms with Crippen LogP contribution in [-0.4, -0.2) is 31.9 Å². The zero-order valence-corrected chi connectivity index (χ0v) is 14.6. The summed E-state index contributed by atoms with van der Waals surface area (Å²) in [4.78, 5) is 30.0. The van der Waals surface area contributed by atoms with Crippen molar-refractivity contribution in [2.75, 3.05) is 6.54 Å². The molecule has 6 heteroatoms. The van der Waals surface area contributed by atoms with E-state index in [-0.39, 0.29) is 11.5 Å². The fourth-order valence-electron chi connectivity index (χ4n) is 3.18. The molecule has 1 N–H and O–H groups in total. The number of H-pyrrole nitrogens is 1. The third-order valence-corrected chi connectivity index (χ3v) is 4.46. The van der Waals surface area contributed by atoms with E-state index in [1.165, 1.54) is 6.20 Å². The Morgan fingerprint density at radius 2 is 1.89 bits per heavy atom. The fraction of sp³-hybridized carbons (Fsp3) is 0.0952. The largest absolute Gasteiger partial charge is 0.330 e. The molecule has 6 nitrogen and oxygen atoms in total. The molecule has 2 heterocycles. The topological polar surface area (TPSA) is 70.5 Å². The van der Waals surface area contributed by atoms with Gasteiger partial charge in [0.25, 0.3) is 11.5 Å². The van der Waals surface area contributed by atoms with Gasteiger partial charge < -0.3 is 9.88 Å². The van der Waals surface area contributed by atoms with E-state index in [1.54, 1.807) is 27.6 Å². The average molecular weight is 358 g/mol. The van der Waals surface area contributed by atoms with E-state index in [9.17, 15) is 9.59 Å². The van der Waals surface area contributed by atoms with Crippen molar-refractivity contribution < 1.29 is 4.79 Å². The molecule has 0 atom stereocenters. The number of nitrogens with zero attached hydrogens (tertiary/aromatic N) is 3. The number of para-hydroxylation sites is 1. The lowest BCUT2D eigenvalue weighted by molar-refractivity contribution is 0.0764. The Morgan fingerprint density at radius 1 is 1.15 bits per heavy atom. The van der Waals surface area contributed by atoms with Crippen molar-refractivity contribution in [1.82, 2.24) is 19.5 Å². The number of aromatic amines is 1. The highest BCUT2D eigenvalue weighted by molar-refractivity contribution is 6.00. The van der Waals surface area contributed by atoms with E-state index in [0.717, 1.165) is 5.56 Å². The van der Waals surface area contributed by atoms with Gasteiger partial charge in [0.2, 0.25) is 0 Å². The van der Waals surface area contributed by atoms with Crippen LogP contribution < -0.4 is 5.56 Å². The summed E-state index contributed by atoms with van der Waals surface area (Å²) in [5.74, 6) is -0.209. The standard InChI is InChI=1S/C21H18N4O2/c1-2-12-24(14-15-8-4-3-5-9-15)21(27)17-13-22-25-18-11-7-6-10-16(18)20(26)23-19(17)25/h2-11,13H,1,12,14H2,(H,23,26). The number of nitrogens with one attached hydrogen (secondary N) is 1. The zero-order valence-electron chi connectivity index (χ0n) is 14.6. The first-order valence-corrected chi connectivity index (χ1v) is 8.62. The van der Waals surface area contributed by atoms with Gasteiger partial charge >= 0.3 is 0 Å². The molecular formula is C21H18N4O2. The SMILES string of the molecule is C=CCN(Cc1ccccc1)C(=O)c1cnn2c1[nH]c(=O)c1ccccc12. The van der Waals surface area contributed by atoms with Gasteiger partial charge in [-0.05, 0) is 17.7 Å². The highest BCUT2D eigenvalue weighted by Gasteiger charge is 2.21. The predicted octanol–water partition coefficient (Wildman–Crippen LogP) is 3.00. The third kappa shape index (κ3) is 3.01. The van der Waals surface area contributed by atoms with Crippen molar-refractivity contribution in [1.29, 1.82) is 0 Å². The van der Waals surface area contributed by atoms with Crippen LogP contribution >= 0.6 is 0 Å². The summed E-state index contributed by atoms with van der Waals surface area (Å²) in [6.45, 7) is 4.59. The summed E-state index contributed by atoms with van der Waals surface area (Å²) in [6, 6.07) is 16.9. The molecule has 0 fully saturated rings. The van der Waals surface area contributed by atoms with Crippen LogP contribution in [0.1, 0.15) is 15.9 Å². The summed E-state index contributed by atoms with van der Waals surface area (Å²) < 4.78 is 1.60. The molecule has 4 rings (SSSR count). The molecule has 0 spiro atoms. The van der Waals surface area contributed by atoms with Crippen LogP contribution in [0.25, 0.3) is 16.6 Å². The molecule has 0 unspecified atom stereocenters. The van der Waals surface area contributed by atoms with Crippen molar-refractivity contribution in [2.45, 2.75) is 6.54 Å². The predicted molar refractivity (Wildman–Crippen MR) is 105 cm³/mol. The summed E-state index contributed by atoms with van der Waals surface area (Å²) >= 11 is 0. The van der Waals surface area contributed by atoms with Gasteiger partial charge in [-0.15, -0.1) is 6.58 Å². The number of carbonyl (C=O) groups excluding carboxylic acids is 1. The van der Waals surface area contributed by atoms with Crippen LogP contribution in [0.5, 0.6) is 0 Å². The minimum Gasteiger partial charge on any atom is -0.330 e. The maximum Gasteiger partial charge on any atom is 0.259 e. The Morgan fingerprint density at radius 3 is 2.67 bits per heavy atom. The number of amides is 1. The zero-order chi connectivity index (χ0) is 18.8. The maximum absolute atomic E-state index is 13.2. The van der Waals surface area contributed by atoms with E-state index < -0.39 is 0 Å². The lowest BCUT2D eigenvalue weighted by atomic mass is 10.2. The molecule has 0 radical (unpaired) electrons. The number of hydrogen-bond donors (Lipinski definition) is 1. The first-order valence-electron chi connectivity index (χ1n) is 8.62. The molecule has 0 aliphatic rings. The quantitative estimate of drug-likeness (QED) is 0.558. The average Bonchev–Trinajstić information content (AvgIpc) is 3.12. The smallest absolute Gasteiger partial charge is 0.259 e. The molecule has 0 aliphatic heterocycles. The van der Waals surface area contributed by atoms with E-state index >= 15 is 0 Å². The van der Waals surface area contributed by atoms with E-state index in [0.29, 0.717) is 35.2 Å². The minimum atomic E-state index is -0.244. The second-order valence-corrected chi connectivity index (χ2v) is 6.25. The Balaban J connectivity index is 1.79. The summed E-state index contributed by atoms with van der Waals surface area (Å²) in [6.07, 6.45) is 3.19. The van der Waals surface area contributed by atoms with Gasteiger partial charge in [-0.1, -0.05) is 48.5 Å². The first-order chi connectivity index (χ1) is 13.2. The summed E-state index contributed by atoms with van der Waals surface area (Å²) in [5, 5.41) is 4.86. The fourth-order valence-corrected chi connectivity index (χ4v) is 3.18. The van der Waals surface area contributed by atoms with Crippen LogP contribution in [0.15, 0.2) is 78.2 Å². The van der Waals surface area contributed by atoms with Gasteiger partial charge in [-0.3, -0.25) is 9.59 Å². The Bertz CT molecular complexity index is 1190. The van der Waals surface area contributed by atoms with Crippen LogP contribution in [0, 0.1) is 0 Å². The number of aromatic nitrogens is 3. The summed E-state index contributed by atoms with van der Waals surface area (Å²) in [5.41, 5.74) is 2.18. The van der Waals surface area contributed by atoms with E-state index in [1.807, 2.05) is 42.5 Å². The van der Waals surface area contributed by atoms with Gasteiger partial charge in [0, 0.05) is 13.1 Å². The van der Waals surface area contributed by atoms with Crippen LogP contribution in [0.4, 0.5) is 0 Å². The number of hydrogen-bond acceptors (Lipinski definition) is 3. The molecule has 1 amide bonds. The monoisotopic (exact) mass is 358 g/mol. The molecular weight excluding hydrogens is 340 g/mol. The Kier molecular flexibility index (Phi) is 4.30. The molecule has 134 valence electrons. The van der Waals surface area contributed by atoms with Crippen molar-refractivity contribution in [3.63, 3.8) is 0 Å². The summed E-state index contributed by atoms with van der Waals surface area (Å²) in [7, 11) is 0. The van der Waals surface area contributed by atoms with Crippen molar-refractivity contribution in [3.05, 3.63) is 94.9 Å². The molecule has 0 bridgehead atoms. The number of rotatable bonds is 5. The highest BCUT2D eigenvalue weighted by Crippen LogP contribution is 2.17. The van der Waals surface area contributed by atoms with Crippen molar-refractivity contribution in [2.24, 2.45) is 0 Å². The van der Waals surface area contributed by atoms with Gasteiger partial charge in [0.15, 0.2) is 0 Å². The normalized spacial score (nSPS) is 11.0. The minimum absolute atomic E-state index is 0.209. The molecule has 4 aromatic rings. The molecule has 0 saturated carbocycles. The lowest BCUT2D eigenvalue weighted by Gasteiger charge is -2.20. The van der Waals surface area contributed by atoms with Crippen LogP contribution in [0.3, 0.4) is 0 Å².